The molecule has 0 aliphatic heterocycles. The van der Waals surface area contributed by atoms with Crippen LogP contribution >= 0.6 is 0 Å². The Morgan fingerprint density at radius 2 is 1.81 bits per heavy atom. The van der Waals surface area contributed by atoms with E-state index < -0.39 is 11.7 Å². The van der Waals surface area contributed by atoms with E-state index in [1.165, 1.54) is 17.0 Å². The Morgan fingerprint density at radius 3 is 2.33 bits per heavy atom. The highest BCUT2D eigenvalue weighted by molar-refractivity contribution is 5.74. The first kappa shape index (κ1) is 15.7. The lowest BCUT2D eigenvalue weighted by atomic mass is 10.1. The van der Waals surface area contributed by atoms with Crippen molar-refractivity contribution in [3.8, 4) is 0 Å². The topological polar surface area (TPSA) is 32.3 Å². The summed E-state index contributed by atoms with van der Waals surface area (Å²) >= 11 is 0. The summed E-state index contributed by atoms with van der Waals surface area (Å²) < 4.78 is 37.4. The number of nitrogens with zero attached hydrogens (tertiary/aromatic N) is 1. The fourth-order valence-corrected chi connectivity index (χ4v) is 2.50. The van der Waals surface area contributed by atoms with Crippen molar-refractivity contribution in [3.05, 3.63) is 35.4 Å². The molecule has 0 unspecified atom stereocenters. The third-order valence-corrected chi connectivity index (χ3v) is 3.73. The summed E-state index contributed by atoms with van der Waals surface area (Å²) in [7, 11) is 1.64. The van der Waals surface area contributed by atoms with Crippen LogP contribution in [0.1, 0.15) is 36.8 Å². The Kier molecular flexibility index (Phi) is 4.75. The highest BCUT2D eigenvalue weighted by Crippen LogP contribution is 2.29. The smallest absolute Gasteiger partial charge is 0.335 e. The van der Waals surface area contributed by atoms with Crippen molar-refractivity contribution in [2.75, 3.05) is 7.05 Å². The van der Waals surface area contributed by atoms with Crippen molar-refractivity contribution in [2.45, 2.75) is 44.4 Å². The van der Waals surface area contributed by atoms with Crippen LogP contribution in [0.15, 0.2) is 24.3 Å². The summed E-state index contributed by atoms with van der Waals surface area (Å²) in [5.41, 5.74) is -0.00335. The molecule has 1 aromatic rings. The van der Waals surface area contributed by atoms with Gasteiger partial charge in [-0.15, -0.1) is 0 Å². The molecule has 2 amide bonds. The SMILES string of the molecule is CN(Cc1ccc(C(F)(F)F)cc1)C(=O)NC1CCCC1. The van der Waals surface area contributed by atoms with Crippen molar-refractivity contribution in [2.24, 2.45) is 0 Å². The van der Waals surface area contributed by atoms with Gasteiger partial charge in [-0.05, 0) is 30.5 Å². The Bertz CT molecular complexity index is 479. The highest BCUT2D eigenvalue weighted by Gasteiger charge is 2.30. The first-order valence-electron chi connectivity index (χ1n) is 7.04. The van der Waals surface area contributed by atoms with Gasteiger partial charge < -0.3 is 10.2 Å². The van der Waals surface area contributed by atoms with Gasteiger partial charge in [0.15, 0.2) is 0 Å². The minimum atomic E-state index is -4.33. The van der Waals surface area contributed by atoms with Crippen LogP contribution in [-0.2, 0) is 12.7 Å². The number of hydrogen-bond donors (Lipinski definition) is 1. The first-order chi connectivity index (χ1) is 9.86. The van der Waals surface area contributed by atoms with Gasteiger partial charge in [-0.25, -0.2) is 4.79 Å². The molecule has 1 N–H and O–H groups in total. The molecule has 0 heterocycles. The van der Waals surface area contributed by atoms with Crippen LogP contribution in [0.3, 0.4) is 0 Å². The van der Waals surface area contributed by atoms with E-state index in [1.807, 2.05) is 0 Å². The van der Waals surface area contributed by atoms with Gasteiger partial charge in [0.05, 0.1) is 5.56 Å². The molecule has 0 saturated heterocycles. The van der Waals surface area contributed by atoms with Gasteiger partial charge in [-0.1, -0.05) is 25.0 Å². The van der Waals surface area contributed by atoms with Crippen LogP contribution in [0, 0.1) is 0 Å². The molecule has 0 spiro atoms. The largest absolute Gasteiger partial charge is 0.416 e. The minimum absolute atomic E-state index is 0.179. The zero-order chi connectivity index (χ0) is 15.5. The predicted molar refractivity (Wildman–Crippen MR) is 73.7 cm³/mol. The second kappa shape index (κ2) is 6.37. The summed E-state index contributed by atoms with van der Waals surface area (Å²) in [4.78, 5) is 13.5. The number of carbonyl (C=O) groups excluding carboxylic acids is 1. The summed E-state index contributed by atoms with van der Waals surface area (Å²) in [6.07, 6.45) is -0.0644. The molecule has 0 aromatic heterocycles. The molecular formula is C15H19F3N2O. The second-order valence-corrected chi connectivity index (χ2v) is 5.48. The van der Waals surface area contributed by atoms with E-state index in [4.69, 9.17) is 0 Å². The normalized spacial score (nSPS) is 16.0. The molecule has 3 nitrogen and oxygen atoms in total. The van der Waals surface area contributed by atoms with Gasteiger partial charge in [0.25, 0.3) is 0 Å². The molecular weight excluding hydrogens is 281 g/mol. The summed E-state index contributed by atoms with van der Waals surface area (Å²) in [6, 6.07) is 4.94. The number of benzene rings is 1. The average molecular weight is 300 g/mol. The molecule has 0 bridgehead atoms. The lowest BCUT2D eigenvalue weighted by Crippen LogP contribution is -2.41. The zero-order valence-corrected chi connectivity index (χ0v) is 11.9. The van der Waals surface area contributed by atoms with Crippen LogP contribution in [-0.4, -0.2) is 24.0 Å². The lowest BCUT2D eigenvalue weighted by Gasteiger charge is -2.21. The maximum absolute atomic E-state index is 12.5. The maximum Gasteiger partial charge on any atom is 0.416 e. The molecule has 1 aromatic carbocycles. The molecule has 1 saturated carbocycles. The number of amides is 2. The first-order valence-corrected chi connectivity index (χ1v) is 7.04. The molecule has 1 aliphatic carbocycles. The van der Waals surface area contributed by atoms with Crippen molar-refractivity contribution in [1.82, 2.24) is 10.2 Å². The number of urea groups is 1. The summed E-state index contributed by atoms with van der Waals surface area (Å²) in [5, 5.41) is 2.94. The quantitative estimate of drug-likeness (QED) is 0.905. The molecule has 0 radical (unpaired) electrons. The number of halogens is 3. The van der Waals surface area contributed by atoms with E-state index in [2.05, 4.69) is 5.32 Å². The molecule has 116 valence electrons. The van der Waals surface area contributed by atoms with E-state index >= 15 is 0 Å². The lowest BCUT2D eigenvalue weighted by molar-refractivity contribution is -0.137. The molecule has 1 aliphatic rings. The van der Waals surface area contributed by atoms with Crippen molar-refractivity contribution in [1.29, 1.82) is 0 Å². The van der Waals surface area contributed by atoms with E-state index in [0.717, 1.165) is 37.8 Å². The monoisotopic (exact) mass is 300 g/mol. The van der Waals surface area contributed by atoms with Crippen LogP contribution in [0.4, 0.5) is 18.0 Å². The predicted octanol–water partition coefficient (Wildman–Crippen LogP) is 3.79. The second-order valence-electron chi connectivity index (χ2n) is 5.48. The summed E-state index contributed by atoms with van der Waals surface area (Å²) in [6.45, 7) is 0.288. The Labute approximate surface area is 122 Å². The van der Waals surface area contributed by atoms with Gasteiger partial charge in [-0.3, -0.25) is 0 Å². The molecule has 6 heteroatoms. The number of hydrogen-bond acceptors (Lipinski definition) is 1. The van der Waals surface area contributed by atoms with Crippen molar-refractivity contribution < 1.29 is 18.0 Å². The van der Waals surface area contributed by atoms with Gasteiger partial charge in [-0.2, -0.15) is 13.2 Å². The number of nitrogens with one attached hydrogen (secondary N) is 1. The van der Waals surface area contributed by atoms with Crippen LogP contribution in [0.5, 0.6) is 0 Å². The van der Waals surface area contributed by atoms with E-state index in [9.17, 15) is 18.0 Å². The van der Waals surface area contributed by atoms with Gasteiger partial charge >= 0.3 is 12.2 Å². The number of alkyl halides is 3. The van der Waals surface area contributed by atoms with Crippen LogP contribution < -0.4 is 5.32 Å². The number of rotatable bonds is 3. The average Bonchev–Trinajstić information content (AvgIpc) is 2.91. The standard InChI is InChI=1S/C15H19F3N2O/c1-20(14(21)19-13-4-2-3-5-13)10-11-6-8-12(9-7-11)15(16,17)18/h6-9,13H,2-5,10H2,1H3,(H,19,21). The molecule has 21 heavy (non-hydrogen) atoms. The van der Waals surface area contributed by atoms with Gasteiger partial charge in [0.2, 0.25) is 0 Å². The Morgan fingerprint density at radius 1 is 1.24 bits per heavy atom. The van der Waals surface area contributed by atoms with E-state index in [1.54, 1.807) is 7.05 Å². The summed E-state index contributed by atoms with van der Waals surface area (Å²) in [5.74, 6) is 0. The van der Waals surface area contributed by atoms with Crippen LogP contribution in [0.25, 0.3) is 0 Å². The molecule has 2 rings (SSSR count). The van der Waals surface area contributed by atoms with E-state index in [0.29, 0.717) is 5.56 Å². The van der Waals surface area contributed by atoms with Gasteiger partial charge in [0.1, 0.15) is 0 Å². The maximum atomic E-state index is 12.5. The minimum Gasteiger partial charge on any atom is -0.335 e. The highest BCUT2D eigenvalue weighted by atomic mass is 19.4. The zero-order valence-electron chi connectivity index (χ0n) is 11.9. The Hall–Kier alpha value is -1.72. The van der Waals surface area contributed by atoms with E-state index in [-0.39, 0.29) is 18.6 Å². The van der Waals surface area contributed by atoms with Gasteiger partial charge in [0, 0.05) is 19.6 Å². The van der Waals surface area contributed by atoms with Crippen molar-refractivity contribution >= 4 is 6.03 Å². The fraction of sp³-hybridized carbons (Fsp3) is 0.533. The Balaban J connectivity index is 1.89. The van der Waals surface area contributed by atoms with Crippen LogP contribution in [0.2, 0.25) is 0 Å². The third-order valence-electron chi connectivity index (χ3n) is 3.73. The number of carbonyl (C=O) groups is 1. The molecule has 1 fully saturated rings. The molecule has 0 atom stereocenters. The fourth-order valence-electron chi connectivity index (χ4n) is 2.50. The third kappa shape index (κ3) is 4.37. The van der Waals surface area contributed by atoms with Crippen molar-refractivity contribution in [3.63, 3.8) is 0 Å².